The van der Waals surface area contributed by atoms with Crippen LogP contribution in [-0.2, 0) is 16.1 Å². The van der Waals surface area contributed by atoms with Gasteiger partial charge in [-0.05, 0) is 24.0 Å². The molecule has 0 unspecified atom stereocenters. The van der Waals surface area contributed by atoms with Gasteiger partial charge in [0.25, 0.3) is 0 Å². The second-order valence-corrected chi connectivity index (χ2v) is 8.03. The van der Waals surface area contributed by atoms with E-state index in [9.17, 15) is 4.79 Å². The molecule has 0 radical (unpaired) electrons. The summed E-state index contributed by atoms with van der Waals surface area (Å²) in [6.45, 7) is 12.5. The maximum atomic E-state index is 12.5. The van der Waals surface area contributed by atoms with E-state index < -0.39 is 0 Å². The van der Waals surface area contributed by atoms with Crippen molar-refractivity contribution in [2.24, 2.45) is 11.3 Å². The summed E-state index contributed by atoms with van der Waals surface area (Å²) < 4.78 is 5.91. The third-order valence-corrected chi connectivity index (χ3v) is 5.17. The van der Waals surface area contributed by atoms with E-state index in [2.05, 4.69) is 49.9 Å². The number of hydrogen-bond acceptors (Lipinski definition) is 3. The average Bonchev–Trinajstić information content (AvgIpc) is 2.68. The van der Waals surface area contributed by atoms with Gasteiger partial charge in [0.1, 0.15) is 0 Å². The SMILES string of the molecule is Cc1ccccc1CN1CCOC[C@]2(CC(=O)N(CC(C)C)C2)C1. The van der Waals surface area contributed by atoms with Crippen LogP contribution in [0.4, 0.5) is 0 Å². The van der Waals surface area contributed by atoms with Crippen LogP contribution in [0, 0.1) is 18.3 Å². The molecule has 1 aromatic carbocycles. The Bertz CT molecular complexity index is 587. The van der Waals surface area contributed by atoms with Crippen molar-refractivity contribution in [1.82, 2.24) is 9.80 Å². The molecule has 4 heteroatoms. The molecule has 4 nitrogen and oxygen atoms in total. The molecule has 0 bridgehead atoms. The number of amides is 1. The van der Waals surface area contributed by atoms with Crippen LogP contribution in [0.25, 0.3) is 0 Å². The van der Waals surface area contributed by atoms with E-state index in [-0.39, 0.29) is 5.41 Å². The topological polar surface area (TPSA) is 32.8 Å². The lowest BCUT2D eigenvalue weighted by Gasteiger charge is -2.32. The number of ether oxygens (including phenoxy) is 1. The van der Waals surface area contributed by atoms with Crippen LogP contribution in [-0.4, -0.2) is 55.1 Å². The lowest BCUT2D eigenvalue weighted by atomic mass is 9.87. The number of aryl methyl sites for hydroxylation is 1. The van der Waals surface area contributed by atoms with Crippen molar-refractivity contribution >= 4 is 5.91 Å². The second kappa shape index (κ2) is 7.24. The third kappa shape index (κ3) is 3.98. The predicted octanol–water partition coefficient (Wildman–Crippen LogP) is 2.70. The minimum Gasteiger partial charge on any atom is -0.379 e. The Morgan fingerprint density at radius 2 is 2.04 bits per heavy atom. The highest BCUT2D eigenvalue weighted by atomic mass is 16.5. The number of nitrogens with zero attached hydrogens (tertiary/aromatic N) is 2. The molecule has 2 fully saturated rings. The van der Waals surface area contributed by atoms with Gasteiger partial charge in [-0.1, -0.05) is 38.1 Å². The van der Waals surface area contributed by atoms with Crippen LogP contribution in [0.15, 0.2) is 24.3 Å². The molecule has 0 aromatic heterocycles. The molecule has 3 rings (SSSR count). The van der Waals surface area contributed by atoms with E-state index in [1.54, 1.807) is 0 Å². The first-order chi connectivity index (χ1) is 11.5. The quantitative estimate of drug-likeness (QED) is 0.851. The lowest BCUT2D eigenvalue weighted by molar-refractivity contribution is -0.128. The monoisotopic (exact) mass is 330 g/mol. The average molecular weight is 330 g/mol. The second-order valence-electron chi connectivity index (χ2n) is 8.03. The Morgan fingerprint density at radius 3 is 2.79 bits per heavy atom. The van der Waals surface area contributed by atoms with Crippen molar-refractivity contribution in [3.05, 3.63) is 35.4 Å². The Labute approximate surface area is 145 Å². The van der Waals surface area contributed by atoms with Gasteiger partial charge < -0.3 is 9.64 Å². The third-order valence-electron chi connectivity index (χ3n) is 5.17. The van der Waals surface area contributed by atoms with Crippen molar-refractivity contribution in [2.75, 3.05) is 39.4 Å². The summed E-state index contributed by atoms with van der Waals surface area (Å²) in [6.07, 6.45) is 0.629. The zero-order chi connectivity index (χ0) is 17.2. The first-order valence-corrected chi connectivity index (χ1v) is 9.10. The van der Waals surface area contributed by atoms with Crippen molar-refractivity contribution in [2.45, 2.75) is 33.7 Å². The Balaban J connectivity index is 1.71. The van der Waals surface area contributed by atoms with Crippen LogP contribution >= 0.6 is 0 Å². The maximum Gasteiger partial charge on any atom is 0.223 e. The van der Waals surface area contributed by atoms with Gasteiger partial charge in [-0.25, -0.2) is 0 Å². The molecule has 0 saturated carbocycles. The summed E-state index contributed by atoms with van der Waals surface area (Å²) in [5, 5.41) is 0. The van der Waals surface area contributed by atoms with Crippen LogP contribution in [0.3, 0.4) is 0 Å². The number of benzene rings is 1. The smallest absolute Gasteiger partial charge is 0.223 e. The van der Waals surface area contributed by atoms with E-state index in [4.69, 9.17) is 4.74 Å². The largest absolute Gasteiger partial charge is 0.379 e. The van der Waals surface area contributed by atoms with Crippen molar-refractivity contribution in [3.8, 4) is 0 Å². The van der Waals surface area contributed by atoms with E-state index in [1.165, 1.54) is 11.1 Å². The lowest BCUT2D eigenvalue weighted by Crippen LogP contribution is -2.41. The maximum absolute atomic E-state index is 12.5. The standard InChI is InChI=1S/C20H30N2O2/c1-16(2)11-22-14-20(10-19(22)23)13-21(8-9-24-15-20)12-18-7-5-4-6-17(18)3/h4-7,16H,8-15H2,1-3H3/t20-/m1/s1. The van der Waals surface area contributed by atoms with Gasteiger partial charge in [-0.2, -0.15) is 0 Å². The summed E-state index contributed by atoms with van der Waals surface area (Å²) in [4.78, 5) is 17.0. The van der Waals surface area contributed by atoms with Crippen LogP contribution < -0.4 is 0 Å². The molecule has 132 valence electrons. The van der Waals surface area contributed by atoms with Crippen LogP contribution in [0.2, 0.25) is 0 Å². The van der Waals surface area contributed by atoms with Gasteiger partial charge in [-0.3, -0.25) is 9.69 Å². The zero-order valence-corrected chi connectivity index (χ0v) is 15.3. The number of rotatable bonds is 4. The van der Waals surface area contributed by atoms with Crippen molar-refractivity contribution < 1.29 is 9.53 Å². The summed E-state index contributed by atoms with van der Waals surface area (Å²) in [7, 11) is 0. The summed E-state index contributed by atoms with van der Waals surface area (Å²) in [5.74, 6) is 0.809. The molecule has 2 heterocycles. The van der Waals surface area contributed by atoms with E-state index >= 15 is 0 Å². The Kier molecular flexibility index (Phi) is 5.26. The number of carbonyl (C=O) groups is 1. The molecule has 1 spiro atoms. The van der Waals surface area contributed by atoms with Gasteiger partial charge >= 0.3 is 0 Å². The number of likely N-dealkylation sites (tertiary alicyclic amines) is 1. The van der Waals surface area contributed by atoms with Gasteiger partial charge in [0, 0.05) is 44.6 Å². The van der Waals surface area contributed by atoms with Gasteiger partial charge in [0.2, 0.25) is 5.91 Å². The summed E-state index contributed by atoms with van der Waals surface area (Å²) >= 11 is 0. The summed E-state index contributed by atoms with van der Waals surface area (Å²) in [5.41, 5.74) is 2.67. The fourth-order valence-corrected chi connectivity index (χ4v) is 4.04. The summed E-state index contributed by atoms with van der Waals surface area (Å²) in [6, 6.07) is 8.57. The molecule has 1 aromatic rings. The molecular weight excluding hydrogens is 300 g/mol. The van der Waals surface area contributed by atoms with Crippen molar-refractivity contribution in [1.29, 1.82) is 0 Å². The Hall–Kier alpha value is -1.39. The van der Waals surface area contributed by atoms with E-state index in [0.717, 1.165) is 39.3 Å². The molecule has 1 amide bonds. The van der Waals surface area contributed by atoms with E-state index in [1.807, 2.05) is 4.90 Å². The fraction of sp³-hybridized carbons (Fsp3) is 0.650. The highest BCUT2D eigenvalue weighted by Gasteiger charge is 2.45. The predicted molar refractivity (Wildman–Crippen MR) is 95.7 cm³/mol. The minimum absolute atomic E-state index is 0.0365. The number of carbonyl (C=O) groups excluding carboxylic acids is 1. The first kappa shape index (κ1) is 17.4. The number of hydrogen-bond donors (Lipinski definition) is 0. The normalized spacial score (nSPS) is 25.7. The minimum atomic E-state index is -0.0365. The van der Waals surface area contributed by atoms with E-state index in [0.29, 0.717) is 24.9 Å². The molecule has 2 aliphatic rings. The molecule has 2 aliphatic heterocycles. The van der Waals surface area contributed by atoms with Gasteiger partial charge in [0.05, 0.1) is 13.2 Å². The van der Waals surface area contributed by atoms with Gasteiger partial charge in [-0.15, -0.1) is 0 Å². The van der Waals surface area contributed by atoms with Crippen LogP contribution in [0.5, 0.6) is 0 Å². The van der Waals surface area contributed by atoms with Gasteiger partial charge in [0.15, 0.2) is 0 Å². The van der Waals surface area contributed by atoms with Crippen LogP contribution in [0.1, 0.15) is 31.4 Å². The highest BCUT2D eigenvalue weighted by Crippen LogP contribution is 2.35. The molecule has 1 atom stereocenters. The molecular formula is C20H30N2O2. The molecule has 2 saturated heterocycles. The fourth-order valence-electron chi connectivity index (χ4n) is 4.04. The zero-order valence-electron chi connectivity index (χ0n) is 15.3. The Morgan fingerprint density at radius 1 is 1.25 bits per heavy atom. The molecule has 0 N–H and O–H groups in total. The molecule has 0 aliphatic carbocycles. The molecule has 24 heavy (non-hydrogen) atoms. The highest BCUT2D eigenvalue weighted by molar-refractivity contribution is 5.79. The van der Waals surface area contributed by atoms with Crippen molar-refractivity contribution in [3.63, 3.8) is 0 Å². The first-order valence-electron chi connectivity index (χ1n) is 9.10.